The van der Waals surface area contributed by atoms with Gasteiger partial charge in [0.25, 0.3) is 0 Å². The number of carbonyl (C=O) groups is 1. The zero-order valence-electron chi connectivity index (χ0n) is 13.9. The Bertz CT molecular complexity index is 712. The molecule has 1 atom stereocenters. The molecule has 2 aromatic rings. The van der Waals surface area contributed by atoms with Gasteiger partial charge in [0.2, 0.25) is 5.88 Å². The first-order valence-electron chi connectivity index (χ1n) is 8.03. The third-order valence-electron chi connectivity index (χ3n) is 4.65. The average molecular weight is 313 g/mol. The molecule has 5 nitrogen and oxygen atoms in total. The van der Waals surface area contributed by atoms with E-state index in [4.69, 9.17) is 4.74 Å². The quantitative estimate of drug-likeness (QED) is 0.922. The van der Waals surface area contributed by atoms with E-state index in [-0.39, 0.29) is 6.03 Å². The maximum atomic E-state index is 12.3. The van der Waals surface area contributed by atoms with Crippen LogP contribution in [0.5, 0.6) is 5.88 Å². The van der Waals surface area contributed by atoms with Gasteiger partial charge in [-0.2, -0.15) is 0 Å². The molecule has 1 saturated carbocycles. The van der Waals surface area contributed by atoms with Crippen molar-refractivity contribution < 1.29 is 9.53 Å². The number of carbonyl (C=O) groups excluding carboxylic acids is 1. The van der Waals surface area contributed by atoms with Gasteiger partial charge in [0, 0.05) is 31.1 Å². The topological polar surface area (TPSA) is 54.5 Å². The smallest absolute Gasteiger partial charge is 0.317 e. The van der Waals surface area contributed by atoms with Crippen molar-refractivity contribution in [2.24, 2.45) is 5.92 Å². The summed E-state index contributed by atoms with van der Waals surface area (Å²) in [5, 5.41) is 4.04. The molecule has 0 spiro atoms. The Kier molecular flexibility index (Phi) is 4.37. The number of fused-ring (bicyclic) bond motifs is 1. The number of aromatic nitrogens is 1. The van der Waals surface area contributed by atoms with Crippen LogP contribution in [-0.2, 0) is 6.54 Å². The number of urea groups is 1. The Balaban J connectivity index is 1.74. The molecule has 5 heteroatoms. The SMILES string of the molecule is COc1cc(CNC(=O)N(C)C(C)C2CC2)c2ccccc2n1. The Morgan fingerprint density at radius 3 is 2.87 bits per heavy atom. The number of rotatable bonds is 5. The van der Waals surface area contributed by atoms with Crippen LogP contribution < -0.4 is 10.1 Å². The van der Waals surface area contributed by atoms with E-state index in [1.165, 1.54) is 12.8 Å². The summed E-state index contributed by atoms with van der Waals surface area (Å²) in [5.74, 6) is 1.22. The molecule has 1 aromatic heterocycles. The first kappa shape index (κ1) is 15.6. The number of hydrogen-bond donors (Lipinski definition) is 1. The fourth-order valence-corrected chi connectivity index (χ4v) is 2.85. The van der Waals surface area contributed by atoms with Crippen LogP contribution in [0, 0.1) is 5.92 Å². The van der Waals surface area contributed by atoms with Crippen molar-refractivity contribution in [2.75, 3.05) is 14.2 Å². The number of benzene rings is 1. The highest BCUT2D eigenvalue weighted by Crippen LogP contribution is 2.34. The second-order valence-electron chi connectivity index (χ2n) is 6.19. The minimum atomic E-state index is -0.0377. The molecule has 2 amide bonds. The number of nitrogens with one attached hydrogen (secondary N) is 1. The van der Waals surface area contributed by atoms with Crippen molar-refractivity contribution in [3.63, 3.8) is 0 Å². The fraction of sp³-hybridized carbons (Fsp3) is 0.444. The summed E-state index contributed by atoms with van der Waals surface area (Å²) in [6.45, 7) is 2.57. The summed E-state index contributed by atoms with van der Waals surface area (Å²) in [6.07, 6.45) is 2.45. The lowest BCUT2D eigenvalue weighted by atomic mass is 10.1. The zero-order valence-corrected chi connectivity index (χ0v) is 13.9. The average Bonchev–Trinajstić information content (AvgIpc) is 3.42. The highest BCUT2D eigenvalue weighted by atomic mass is 16.5. The summed E-state index contributed by atoms with van der Waals surface area (Å²) >= 11 is 0. The van der Waals surface area contributed by atoms with Gasteiger partial charge in [0.15, 0.2) is 0 Å². The van der Waals surface area contributed by atoms with Gasteiger partial charge in [0.05, 0.1) is 12.6 Å². The highest BCUT2D eigenvalue weighted by Gasteiger charge is 2.32. The number of pyridine rings is 1. The van der Waals surface area contributed by atoms with E-state index in [1.807, 2.05) is 37.4 Å². The lowest BCUT2D eigenvalue weighted by Crippen LogP contribution is -2.43. The minimum Gasteiger partial charge on any atom is -0.481 e. The molecule has 122 valence electrons. The number of nitrogens with zero attached hydrogens (tertiary/aromatic N) is 2. The van der Waals surface area contributed by atoms with E-state index in [0.717, 1.165) is 16.5 Å². The number of amides is 2. The Morgan fingerprint density at radius 1 is 1.43 bits per heavy atom. The standard InChI is InChI=1S/C18H23N3O2/c1-12(13-8-9-13)21(2)18(22)19-11-14-10-17(23-3)20-16-7-5-4-6-15(14)16/h4-7,10,12-13H,8-9,11H2,1-3H3,(H,19,22). The monoisotopic (exact) mass is 313 g/mol. The fourth-order valence-electron chi connectivity index (χ4n) is 2.85. The van der Waals surface area contributed by atoms with Gasteiger partial charge in [-0.15, -0.1) is 0 Å². The van der Waals surface area contributed by atoms with Crippen molar-refractivity contribution in [2.45, 2.75) is 32.4 Å². The van der Waals surface area contributed by atoms with Crippen LogP contribution in [-0.4, -0.2) is 36.1 Å². The summed E-state index contributed by atoms with van der Waals surface area (Å²) in [5.41, 5.74) is 1.88. The second kappa shape index (κ2) is 6.44. The lowest BCUT2D eigenvalue weighted by Gasteiger charge is -2.25. The Labute approximate surface area is 136 Å². The number of methoxy groups -OCH3 is 1. The Hall–Kier alpha value is -2.30. The molecule has 1 unspecified atom stereocenters. The maximum Gasteiger partial charge on any atom is 0.317 e. The molecular formula is C18H23N3O2. The second-order valence-corrected chi connectivity index (χ2v) is 6.19. The lowest BCUT2D eigenvalue weighted by molar-refractivity contribution is 0.187. The normalized spacial score (nSPS) is 15.3. The zero-order chi connectivity index (χ0) is 16.4. The van der Waals surface area contributed by atoms with Gasteiger partial charge in [-0.25, -0.2) is 9.78 Å². The van der Waals surface area contributed by atoms with Crippen LogP contribution >= 0.6 is 0 Å². The number of hydrogen-bond acceptors (Lipinski definition) is 3. The maximum absolute atomic E-state index is 12.3. The van der Waals surface area contributed by atoms with Crippen LogP contribution in [0.15, 0.2) is 30.3 Å². The van der Waals surface area contributed by atoms with Gasteiger partial charge in [-0.1, -0.05) is 18.2 Å². The molecule has 23 heavy (non-hydrogen) atoms. The van der Waals surface area contributed by atoms with Gasteiger partial charge in [-0.3, -0.25) is 0 Å². The van der Waals surface area contributed by atoms with Crippen LogP contribution in [0.2, 0.25) is 0 Å². The summed E-state index contributed by atoms with van der Waals surface area (Å²) in [6, 6.07) is 10.0. The molecule has 3 rings (SSSR count). The van der Waals surface area contributed by atoms with Crippen LogP contribution in [0.25, 0.3) is 10.9 Å². The highest BCUT2D eigenvalue weighted by molar-refractivity contribution is 5.83. The summed E-state index contributed by atoms with van der Waals surface area (Å²) in [4.78, 5) is 18.6. The van der Waals surface area contributed by atoms with E-state index in [1.54, 1.807) is 12.0 Å². The summed E-state index contributed by atoms with van der Waals surface area (Å²) in [7, 11) is 3.47. The van der Waals surface area contributed by atoms with Crippen LogP contribution in [0.4, 0.5) is 4.79 Å². The van der Waals surface area contributed by atoms with Gasteiger partial charge in [-0.05, 0) is 37.3 Å². The number of para-hydroxylation sites is 1. The number of ether oxygens (including phenoxy) is 1. The molecule has 0 aliphatic heterocycles. The third-order valence-corrected chi connectivity index (χ3v) is 4.65. The van der Waals surface area contributed by atoms with Crippen molar-refractivity contribution >= 4 is 16.9 Å². The van der Waals surface area contributed by atoms with E-state index in [2.05, 4.69) is 17.2 Å². The van der Waals surface area contributed by atoms with E-state index < -0.39 is 0 Å². The summed E-state index contributed by atoms with van der Waals surface area (Å²) < 4.78 is 5.26. The predicted molar refractivity (Wildman–Crippen MR) is 90.5 cm³/mol. The molecular weight excluding hydrogens is 290 g/mol. The van der Waals surface area contributed by atoms with Gasteiger partial charge < -0.3 is 15.0 Å². The van der Waals surface area contributed by atoms with E-state index in [0.29, 0.717) is 24.4 Å². The van der Waals surface area contributed by atoms with Crippen molar-refractivity contribution in [1.29, 1.82) is 0 Å². The predicted octanol–water partition coefficient (Wildman–Crippen LogP) is 3.18. The van der Waals surface area contributed by atoms with Crippen molar-refractivity contribution in [3.8, 4) is 5.88 Å². The molecule has 1 fully saturated rings. The molecule has 1 aromatic carbocycles. The van der Waals surface area contributed by atoms with Crippen molar-refractivity contribution in [1.82, 2.24) is 15.2 Å². The van der Waals surface area contributed by atoms with E-state index >= 15 is 0 Å². The molecule has 0 radical (unpaired) electrons. The van der Waals surface area contributed by atoms with Crippen molar-refractivity contribution in [3.05, 3.63) is 35.9 Å². The first-order chi connectivity index (χ1) is 11.1. The molecule has 1 aliphatic carbocycles. The molecule has 0 bridgehead atoms. The van der Waals surface area contributed by atoms with Crippen LogP contribution in [0.1, 0.15) is 25.3 Å². The Morgan fingerprint density at radius 2 is 2.17 bits per heavy atom. The van der Waals surface area contributed by atoms with E-state index in [9.17, 15) is 4.79 Å². The molecule has 1 aliphatic rings. The van der Waals surface area contributed by atoms with Crippen LogP contribution in [0.3, 0.4) is 0 Å². The molecule has 1 heterocycles. The molecule has 0 saturated heterocycles. The molecule has 1 N–H and O–H groups in total. The van der Waals surface area contributed by atoms with Gasteiger partial charge in [0.1, 0.15) is 0 Å². The first-order valence-corrected chi connectivity index (χ1v) is 8.03. The van der Waals surface area contributed by atoms with Gasteiger partial charge >= 0.3 is 6.03 Å². The minimum absolute atomic E-state index is 0.0377. The largest absolute Gasteiger partial charge is 0.481 e. The third kappa shape index (κ3) is 3.38.